The Bertz CT molecular complexity index is 119. The molecule has 0 bridgehead atoms. The van der Waals surface area contributed by atoms with Gasteiger partial charge in [-0.05, 0) is 0 Å². The van der Waals surface area contributed by atoms with Crippen LogP contribution in [0.3, 0.4) is 0 Å². The molecule has 0 rings (SSSR count). The third-order valence-corrected chi connectivity index (χ3v) is 0.772. The monoisotopic (exact) mass is 161 g/mol. The maximum Gasteiger partial charge on any atom is 1.00 e. The number of carbonyl (C=O) groups excluding carboxylic acids is 1. The summed E-state index contributed by atoms with van der Waals surface area (Å²) in [5.74, 6) is -0.738. The topological polar surface area (TPSA) is 66.4 Å². The molecule has 6 heteroatoms. The van der Waals surface area contributed by atoms with Crippen LogP contribution in [-0.4, -0.2) is 14.7 Å². The van der Waals surface area contributed by atoms with Crippen molar-refractivity contribution < 1.29 is 48.7 Å². The molecular formula is C3H6NaO4S-. The van der Waals surface area contributed by atoms with Gasteiger partial charge in [-0.3, -0.25) is 4.79 Å². The molecule has 0 aromatic heterocycles. The van der Waals surface area contributed by atoms with Gasteiger partial charge in [-0.1, -0.05) is 6.92 Å². The molecule has 0 spiro atoms. The zero-order chi connectivity index (χ0) is 6.57. The van der Waals surface area contributed by atoms with Crippen LogP contribution in [0.1, 0.15) is 14.8 Å². The van der Waals surface area contributed by atoms with Crippen molar-refractivity contribution >= 4 is 17.3 Å². The van der Waals surface area contributed by atoms with E-state index in [0.29, 0.717) is 0 Å². The first-order chi connectivity index (χ1) is 3.66. The van der Waals surface area contributed by atoms with E-state index >= 15 is 0 Å². The molecule has 0 aliphatic carbocycles. The van der Waals surface area contributed by atoms with E-state index in [-0.39, 0.29) is 37.4 Å². The van der Waals surface area contributed by atoms with E-state index in [9.17, 15) is 13.6 Å². The average Bonchev–Trinajstić information content (AvgIpc) is 1.65. The molecule has 0 aliphatic rings. The molecule has 0 aromatic rings. The minimum Gasteiger partial charge on any atom is -1.00 e. The Morgan fingerprint density at radius 3 is 2.44 bits per heavy atom. The van der Waals surface area contributed by atoms with Crippen molar-refractivity contribution in [3.63, 3.8) is 0 Å². The van der Waals surface area contributed by atoms with Gasteiger partial charge in [-0.25, -0.2) is 4.21 Å². The summed E-state index contributed by atoms with van der Waals surface area (Å²) in [5.41, 5.74) is 0. The summed E-state index contributed by atoms with van der Waals surface area (Å²) < 4.78 is 22.7. The van der Waals surface area contributed by atoms with Crippen LogP contribution in [0.2, 0.25) is 0 Å². The molecule has 50 valence electrons. The van der Waals surface area contributed by atoms with Gasteiger partial charge in [-0.2, -0.15) is 0 Å². The third kappa shape index (κ3) is 8.58. The Kier molecular flexibility index (Phi) is 9.13. The van der Waals surface area contributed by atoms with Gasteiger partial charge < -0.3 is 10.2 Å². The number of hydrogen-bond acceptors (Lipinski definition) is 4. The molecule has 0 saturated carbocycles. The average molecular weight is 161 g/mol. The van der Waals surface area contributed by atoms with Crippen molar-refractivity contribution in [2.24, 2.45) is 0 Å². The van der Waals surface area contributed by atoms with Crippen molar-refractivity contribution in [3.8, 4) is 0 Å². The van der Waals surface area contributed by atoms with E-state index in [1.54, 1.807) is 0 Å². The van der Waals surface area contributed by atoms with Crippen LogP contribution >= 0.6 is 0 Å². The molecule has 0 fully saturated rings. The summed E-state index contributed by atoms with van der Waals surface area (Å²) in [7, 11) is 0. The second-order valence-corrected chi connectivity index (χ2v) is 1.59. The van der Waals surface area contributed by atoms with Gasteiger partial charge in [0.05, 0.1) is 0 Å². The molecule has 1 atom stereocenters. The first-order valence-corrected chi connectivity index (χ1v) is 2.97. The van der Waals surface area contributed by atoms with Gasteiger partial charge in [0, 0.05) is 6.42 Å². The molecule has 0 N–H and O–H groups in total. The normalized spacial score (nSPS) is 11.3. The number of rotatable bonds is 2. The SMILES string of the molecule is CCC(=O)OS(=O)[O-].[H-].[Na+]. The van der Waals surface area contributed by atoms with Crippen LogP contribution in [0.4, 0.5) is 0 Å². The maximum atomic E-state index is 10.0. The minimum atomic E-state index is -2.70. The molecule has 0 heterocycles. The van der Waals surface area contributed by atoms with E-state index < -0.39 is 17.3 Å². The zero-order valence-electron chi connectivity index (χ0n) is 6.25. The Hall–Kier alpha value is 0.580. The largest absolute Gasteiger partial charge is 1.00 e. The molecule has 0 aromatic carbocycles. The van der Waals surface area contributed by atoms with Gasteiger partial charge >= 0.3 is 35.5 Å². The number of hydrogen-bond donors (Lipinski definition) is 0. The Morgan fingerprint density at radius 1 is 1.89 bits per heavy atom. The minimum absolute atomic E-state index is 0. The molecule has 0 radical (unpaired) electrons. The van der Waals surface area contributed by atoms with Crippen LogP contribution < -0.4 is 29.6 Å². The molecule has 0 saturated heterocycles. The summed E-state index contributed by atoms with van der Waals surface area (Å²) in [6.45, 7) is 1.51. The van der Waals surface area contributed by atoms with Crippen molar-refractivity contribution in [1.29, 1.82) is 0 Å². The van der Waals surface area contributed by atoms with Crippen LogP contribution in [0.25, 0.3) is 0 Å². The summed E-state index contributed by atoms with van der Waals surface area (Å²) in [6.07, 6.45) is 0.0774. The standard InChI is InChI=1S/C3H6O4S.Na.H/c1-2-3(4)7-8(5)6;;/h2H2,1H3,(H,5,6);;/q;+1;-1/p-1. The fraction of sp³-hybridized carbons (Fsp3) is 0.667. The summed E-state index contributed by atoms with van der Waals surface area (Å²) in [4.78, 5) is 10.0. The predicted octanol–water partition coefficient (Wildman–Crippen LogP) is -3.15. The van der Waals surface area contributed by atoms with E-state index in [4.69, 9.17) is 0 Å². The van der Waals surface area contributed by atoms with Gasteiger partial charge in [0.2, 0.25) is 0 Å². The van der Waals surface area contributed by atoms with E-state index in [2.05, 4.69) is 4.18 Å². The smallest absolute Gasteiger partial charge is 1.00 e. The molecule has 4 nitrogen and oxygen atoms in total. The van der Waals surface area contributed by atoms with Crippen molar-refractivity contribution in [2.45, 2.75) is 13.3 Å². The van der Waals surface area contributed by atoms with Crippen LogP contribution in [0.15, 0.2) is 0 Å². The Morgan fingerprint density at radius 2 is 2.33 bits per heavy atom. The molecule has 0 aliphatic heterocycles. The first kappa shape index (κ1) is 12.3. The Labute approximate surface area is 79.2 Å². The summed E-state index contributed by atoms with van der Waals surface area (Å²) >= 11 is -2.70. The third-order valence-electron chi connectivity index (χ3n) is 0.450. The summed E-state index contributed by atoms with van der Waals surface area (Å²) in [6, 6.07) is 0. The van der Waals surface area contributed by atoms with Gasteiger partial charge in [0.1, 0.15) is 11.4 Å². The summed E-state index contributed by atoms with van der Waals surface area (Å²) in [5, 5.41) is 0. The van der Waals surface area contributed by atoms with E-state index in [0.717, 1.165) is 0 Å². The molecule has 0 amide bonds. The van der Waals surface area contributed by atoms with Crippen molar-refractivity contribution in [2.75, 3.05) is 0 Å². The van der Waals surface area contributed by atoms with E-state index in [1.807, 2.05) is 0 Å². The van der Waals surface area contributed by atoms with Crippen LogP contribution in [0, 0.1) is 0 Å². The van der Waals surface area contributed by atoms with Crippen molar-refractivity contribution in [3.05, 3.63) is 0 Å². The molecular weight excluding hydrogens is 155 g/mol. The van der Waals surface area contributed by atoms with Crippen LogP contribution in [0.5, 0.6) is 0 Å². The quantitative estimate of drug-likeness (QED) is 0.317. The van der Waals surface area contributed by atoms with Gasteiger partial charge in [0.15, 0.2) is 0 Å². The fourth-order valence-electron chi connectivity index (χ4n) is 0.135. The maximum absolute atomic E-state index is 10.0. The molecule has 1 unspecified atom stereocenters. The molecule has 9 heavy (non-hydrogen) atoms. The van der Waals surface area contributed by atoms with Gasteiger partial charge in [0.25, 0.3) is 0 Å². The Balaban J connectivity index is -0.000000245. The van der Waals surface area contributed by atoms with Gasteiger partial charge in [-0.15, -0.1) is 0 Å². The fourth-order valence-corrected chi connectivity index (χ4v) is 0.404. The van der Waals surface area contributed by atoms with E-state index in [1.165, 1.54) is 6.92 Å². The second kappa shape index (κ2) is 6.70. The predicted molar refractivity (Wildman–Crippen MR) is 26.4 cm³/mol. The van der Waals surface area contributed by atoms with Crippen LogP contribution in [-0.2, 0) is 20.3 Å². The second-order valence-electron chi connectivity index (χ2n) is 1.01. The first-order valence-electron chi connectivity index (χ1n) is 1.97. The number of carbonyl (C=O) groups is 1. The zero-order valence-corrected chi connectivity index (χ0v) is 8.06. The van der Waals surface area contributed by atoms with Crippen molar-refractivity contribution in [1.82, 2.24) is 0 Å².